The van der Waals surface area contributed by atoms with Gasteiger partial charge in [-0.3, -0.25) is 9.36 Å². The summed E-state index contributed by atoms with van der Waals surface area (Å²) in [6.07, 6.45) is 3.17. The lowest BCUT2D eigenvalue weighted by molar-refractivity contribution is 0.586. The number of nitrogens with zero attached hydrogens (tertiary/aromatic N) is 4. The molecule has 0 radical (unpaired) electrons. The Morgan fingerprint density at radius 3 is 2.81 bits per heavy atom. The summed E-state index contributed by atoms with van der Waals surface area (Å²) in [7, 11) is 0. The zero-order valence-electron chi connectivity index (χ0n) is 18.1. The summed E-state index contributed by atoms with van der Waals surface area (Å²) in [6, 6.07) is 11.3. The van der Waals surface area contributed by atoms with Crippen LogP contribution in [0.1, 0.15) is 37.0 Å². The minimum atomic E-state index is -0.496. The SMILES string of the molecule is C=C(N[C@@H](C)c1nc2ccccc2c(=O)n1-c1c(C)cccc1F)c1[nH]cnc1/N=C\C. The summed E-state index contributed by atoms with van der Waals surface area (Å²) in [4.78, 5) is 29.6. The number of fused-ring (bicyclic) bond motifs is 1. The van der Waals surface area contributed by atoms with Crippen molar-refractivity contribution in [1.29, 1.82) is 0 Å². The van der Waals surface area contributed by atoms with Gasteiger partial charge in [0.1, 0.15) is 17.3 Å². The zero-order valence-corrected chi connectivity index (χ0v) is 18.1. The predicted octanol–water partition coefficient (Wildman–Crippen LogP) is 4.60. The van der Waals surface area contributed by atoms with Crippen LogP contribution in [0, 0.1) is 12.7 Å². The molecule has 1 atom stereocenters. The molecule has 0 fully saturated rings. The Kier molecular flexibility index (Phi) is 5.68. The minimum absolute atomic E-state index is 0.183. The van der Waals surface area contributed by atoms with Crippen LogP contribution in [-0.2, 0) is 0 Å². The predicted molar refractivity (Wildman–Crippen MR) is 125 cm³/mol. The van der Waals surface area contributed by atoms with Crippen molar-refractivity contribution in [3.8, 4) is 5.69 Å². The first-order valence-corrected chi connectivity index (χ1v) is 10.2. The van der Waals surface area contributed by atoms with Gasteiger partial charge < -0.3 is 10.3 Å². The number of nitrogens with one attached hydrogen (secondary N) is 2. The number of halogens is 1. The summed E-state index contributed by atoms with van der Waals surface area (Å²) < 4.78 is 16.3. The monoisotopic (exact) mass is 430 g/mol. The summed E-state index contributed by atoms with van der Waals surface area (Å²) in [5.74, 6) is 0.360. The van der Waals surface area contributed by atoms with E-state index in [4.69, 9.17) is 4.98 Å². The van der Waals surface area contributed by atoms with Crippen LogP contribution in [0.5, 0.6) is 0 Å². The molecule has 2 aromatic heterocycles. The number of benzene rings is 2. The largest absolute Gasteiger partial charge is 0.374 e. The van der Waals surface area contributed by atoms with E-state index in [1.807, 2.05) is 13.0 Å². The fourth-order valence-corrected chi connectivity index (χ4v) is 3.69. The number of H-pyrrole nitrogens is 1. The number of hydrogen-bond donors (Lipinski definition) is 2. The van der Waals surface area contributed by atoms with Gasteiger partial charge in [0.2, 0.25) is 0 Å². The standard InChI is InChI=1S/C24H23FN6O/c1-5-26-22-20(27-13-28-22)15(3)29-16(4)23-30-19-12-7-6-10-17(19)24(32)31(23)21-14(2)9-8-11-18(21)25/h5-13,16,29H,3H2,1-2,4H3,(H,27,28)/b26-5-/t16-/m0/s1. The maximum Gasteiger partial charge on any atom is 0.266 e. The number of aliphatic imine (C=N–C) groups is 1. The van der Waals surface area contributed by atoms with Crippen molar-refractivity contribution in [2.45, 2.75) is 26.8 Å². The Hall–Kier alpha value is -4.07. The zero-order chi connectivity index (χ0) is 22.8. The molecule has 2 heterocycles. The van der Waals surface area contributed by atoms with Gasteiger partial charge in [-0.15, -0.1) is 0 Å². The van der Waals surface area contributed by atoms with E-state index >= 15 is 0 Å². The molecule has 0 amide bonds. The lowest BCUT2D eigenvalue weighted by Gasteiger charge is -2.22. The minimum Gasteiger partial charge on any atom is -0.374 e. The van der Waals surface area contributed by atoms with E-state index in [0.717, 1.165) is 0 Å². The van der Waals surface area contributed by atoms with Gasteiger partial charge in [-0.25, -0.2) is 19.4 Å². The van der Waals surface area contributed by atoms with Crippen LogP contribution >= 0.6 is 0 Å². The summed E-state index contributed by atoms with van der Waals surface area (Å²) in [5, 5.41) is 3.67. The highest BCUT2D eigenvalue weighted by atomic mass is 19.1. The van der Waals surface area contributed by atoms with E-state index in [1.54, 1.807) is 50.4 Å². The fraction of sp³-hybridized carbons (Fsp3) is 0.167. The van der Waals surface area contributed by atoms with Crippen LogP contribution in [0.4, 0.5) is 10.2 Å². The maximum atomic E-state index is 14.9. The normalized spacial score (nSPS) is 12.4. The van der Waals surface area contributed by atoms with Crippen LogP contribution in [0.2, 0.25) is 0 Å². The van der Waals surface area contributed by atoms with E-state index < -0.39 is 11.9 Å². The molecule has 2 aromatic carbocycles. The molecule has 4 aromatic rings. The lowest BCUT2D eigenvalue weighted by atomic mass is 10.1. The van der Waals surface area contributed by atoms with Gasteiger partial charge in [-0.2, -0.15) is 0 Å². The Morgan fingerprint density at radius 2 is 2.06 bits per heavy atom. The molecule has 2 N–H and O–H groups in total. The van der Waals surface area contributed by atoms with Gasteiger partial charge in [0.25, 0.3) is 5.56 Å². The smallest absolute Gasteiger partial charge is 0.266 e. The average molecular weight is 430 g/mol. The van der Waals surface area contributed by atoms with Gasteiger partial charge in [0, 0.05) is 6.21 Å². The Balaban J connectivity index is 1.87. The molecule has 32 heavy (non-hydrogen) atoms. The third-order valence-corrected chi connectivity index (χ3v) is 5.16. The van der Waals surface area contributed by atoms with Gasteiger partial charge in [0.05, 0.1) is 34.7 Å². The topological polar surface area (TPSA) is 88.0 Å². The number of imidazole rings is 1. The third kappa shape index (κ3) is 3.71. The van der Waals surface area contributed by atoms with Crippen molar-refractivity contribution < 1.29 is 4.39 Å². The molecule has 0 spiro atoms. The van der Waals surface area contributed by atoms with Crippen LogP contribution in [0.25, 0.3) is 22.3 Å². The lowest BCUT2D eigenvalue weighted by Crippen LogP contribution is -2.30. The number of rotatable bonds is 6. The van der Waals surface area contributed by atoms with E-state index in [9.17, 15) is 9.18 Å². The molecule has 8 heteroatoms. The highest BCUT2D eigenvalue weighted by Crippen LogP contribution is 2.25. The second-order valence-corrected chi connectivity index (χ2v) is 7.37. The number of aromatic amines is 1. The van der Waals surface area contributed by atoms with Gasteiger partial charge in [-0.05, 0) is 44.5 Å². The van der Waals surface area contributed by atoms with Crippen molar-refractivity contribution in [2.24, 2.45) is 4.99 Å². The third-order valence-electron chi connectivity index (χ3n) is 5.16. The van der Waals surface area contributed by atoms with E-state index in [-0.39, 0.29) is 11.2 Å². The highest BCUT2D eigenvalue weighted by molar-refractivity contribution is 5.78. The molecule has 4 rings (SSSR count). The first kappa shape index (κ1) is 21.2. The van der Waals surface area contributed by atoms with Crippen molar-refractivity contribution in [1.82, 2.24) is 24.8 Å². The quantitative estimate of drug-likeness (QED) is 0.438. The molecule has 0 aliphatic rings. The second kappa shape index (κ2) is 8.58. The van der Waals surface area contributed by atoms with E-state index in [1.165, 1.54) is 17.0 Å². The van der Waals surface area contributed by atoms with Crippen molar-refractivity contribution in [2.75, 3.05) is 0 Å². The van der Waals surface area contributed by atoms with Crippen molar-refractivity contribution in [3.63, 3.8) is 0 Å². The summed E-state index contributed by atoms with van der Waals surface area (Å²) >= 11 is 0. The summed E-state index contributed by atoms with van der Waals surface area (Å²) in [6.45, 7) is 9.48. The summed E-state index contributed by atoms with van der Waals surface area (Å²) in [5.41, 5.74) is 2.15. The number of aryl methyl sites for hydroxylation is 1. The van der Waals surface area contributed by atoms with Crippen molar-refractivity contribution >= 4 is 28.6 Å². The Labute approximate surface area is 184 Å². The number of aromatic nitrogens is 4. The Bertz CT molecular complexity index is 1380. The molecule has 0 bridgehead atoms. The van der Waals surface area contributed by atoms with Gasteiger partial charge in [-0.1, -0.05) is 30.8 Å². The van der Waals surface area contributed by atoms with Crippen LogP contribution in [0.15, 0.2) is 65.2 Å². The van der Waals surface area contributed by atoms with Gasteiger partial charge in [0.15, 0.2) is 5.82 Å². The molecular formula is C24H23FN6O. The van der Waals surface area contributed by atoms with Crippen LogP contribution in [-0.4, -0.2) is 25.7 Å². The molecule has 0 unspecified atom stereocenters. The average Bonchev–Trinajstić information content (AvgIpc) is 3.23. The molecule has 162 valence electrons. The molecule has 7 nitrogen and oxygen atoms in total. The molecule has 0 aliphatic carbocycles. The number of hydrogen-bond acceptors (Lipinski definition) is 5. The van der Waals surface area contributed by atoms with Crippen LogP contribution < -0.4 is 10.9 Å². The van der Waals surface area contributed by atoms with Crippen LogP contribution in [0.3, 0.4) is 0 Å². The van der Waals surface area contributed by atoms with E-state index in [2.05, 4.69) is 26.9 Å². The molecule has 0 saturated carbocycles. The first-order valence-electron chi connectivity index (χ1n) is 10.2. The van der Waals surface area contributed by atoms with Gasteiger partial charge >= 0.3 is 0 Å². The first-order chi connectivity index (χ1) is 15.4. The highest BCUT2D eigenvalue weighted by Gasteiger charge is 2.22. The fourth-order valence-electron chi connectivity index (χ4n) is 3.69. The maximum absolute atomic E-state index is 14.9. The van der Waals surface area contributed by atoms with E-state index in [0.29, 0.717) is 39.5 Å². The molecule has 0 saturated heterocycles. The molecule has 0 aliphatic heterocycles. The Morgan fingerprint density at radius 1 is 1.28 bits per heavy atom. The number of para-hydroxylation sites is 2. The molecular weight excluding hydrogens is 407 g/mol. The van der Waals surface area contributed by atoms with Crippen molar-refractivity contribution in [3.05, 3.63) is 88.6 Å². The second-order valence-electron chi connectivity index (χ2n) is 7.37.